The summed E-state index contributed by atoms with van der Waals surface area (Å²) >= 11 is 0. The predicted octanol–water partition coefficient (Wildman–Crippen LogP) is 13.7. The van der Waals surface area contributed by atoms with Gasteiger partial charge in [-0.3, -0.25) is 18.6 Å². The molecule has 0 saturated carbocycles. The van der Waals surface area contributed by atoms with E-state index in [1.165, 1.54) is 141 Å². The van der Waals surface area contributed by atoms with Crippen molar-refractivity contribution in [2.75, 3.05) is 26.4 Å². The number of unbranched alkanes of at least 4 members (excludes halogenated alkanes) is 29. The first kappa shape index (κ1) is 58.5. The van der Waals surface area contributed by atoms with Gasteiger partial charge in [0.2, 0.25) is 0 Å². The van der Waals surface area contributed by atoms with E-state index in [1.54, 1.807) is 0 Å². The molecular weight excluding hydrogens is 780 g/mol. The number of phosphoric acid groups is 1. The summed E-state index contributed by atoms with van der Waals surface area (Å²) in [5.41, 5.74) is 0. The van der Waals surface area contributed by atoms with Crippen LogP contribution in [0.5, 0.6) is 0 Å². The van der Waals surface area contributed by atoms with Crippen LogP contribution in [0.15, 0.2) is 24.3 Å². The minimum atomic E-state index is -4.64. The van der Waals surface area contributed by atoms with Crippen LogP contribution in [0.1, 0.15) is 239 Å². The van der Waals surface area contributed by atoms with Crippen LogP contribution in [0.3, 0.4) is 0 Å². The van der Waals surface area contributed by atoms with Crippen LogP contribution >= 0.6 is 7.82 Å². The zero-order chi connectivity index (χ0) is 44.0. The minimum absolute atomic E-state index is 0.184. The topological polar surface area (TPSA) is 149 Å². The first-order chi connectivity index (χ1) is 29.3. The molecule has 0 amide bonds. The van der Waals surface area contributed by atoms with E-state index in [0.29, 0.717) is 12.8 Å². The van der Waals surface area contributed by atoms with Gasteiger partial charge in [0.25, 0.3) is 0 Å². The van der Waals surface area contributed by atoms with Gasteiger partial charge in [0.05, 0.1) is 26.4 Å². The van der Waals surface area contributed by atoms with E-state index in [1.807, 2.05) is 0 Å². The van der Waals surface area contributed by atoms with Crippen molar-refractivity contribution in [3.8, 4) is 0 Å². The summed E-state index contributed by atoms with van der Waals surface area (Å²) in [6, 6.07) is 0. The van der Waals surface area contributed by atoms with Crippen molar-refractivity contribution >= 4 is 19.8 Å². The van der Waals surface area contributed by atoms with Gasteiger partial charge in [-0.15, -0.1) is 0 Å². The van der Waals surface area contributed by atoms with E-state index >= 15 is 0 Å². The molecule has 0 radical (unpaired) electrons. The van der Waals surface area contributed by atoms with Gasteiger partial charge in [0.1, 0.15) is 12.2 Å². The smallest absolute Gasteiger partial charge is 0.457 e. The molecule has 3 unspecified atom stereocenters. The first-order valence-corrected chi connectivity index (χ1v) is 26.3. The van der Waals surface area contributed by atoms with Gasteiger partial charge in [0, 0.05) is 12.8 Å². The molecule has 354 valence electrons. The molecule has 0 aliphatic heterocycles. The third-order valence-electron chi connectivity index (χ3n) is 10.9. The van der Waals surface area contributed by atoms with Crippen molar-refractivity contribution in [3.05, 3.63) is 24.3 Å². The molecule has 0 aromatic heterocycles. The Morgan fingerprint density at radius 2 is 0.683 bits per heavy atom. The molecule has 0 fully saturated rings. The van der Waals surface area contributed by atoms with E-state index in [9.17, 15) is 29.3 Å². The Kier molecular flexibility index (Phi) is 44.3. The molecule has 0 bridgehead atoms. The normalized spacial score (nSPS) is 13.9. The molecule has 0 heterocycles. The van der Waals surface area contributed by atoms with Gasteiger partial charge >= 0.3 is 19.8 Å². The van der Waals surface area contributed by atoms with Crippen LogP contribution in [-0.2, 0) is 32.7 Å². The summed E-state index contributed by atoms with van der Waals surface area (Å²) in [6.45, 7) is 2.22. The highest BCUT2D eigenvalue weighted by Gasteiger charge is 2.27. The van der Waals surface area contributed by atoms with Crippen LogP contribution < -0.4 is 0 Å². The number of hydrogen-bond donors (Lipinski definition) is 3. The summed E-state index contributed by atoms with van der Waals surface area (Å²) in [4.78, 5) is 34.6. The van der Waals surface area contributed by atoms with Crippen molar-refractivity contribution in [3.63, 3.8) is 0 Å². The first-order valence-electron chi connectivity index (χ1n) is 24.8. The summed E-state index contributed by atoms with van der Waals surface area (Å²) in [5.74, 6) is -1.02. The highest BCUT2D eigenvalue weighted by molar-refractivity contribution is 7.47. The molecule has 0 saturated heterocycles. The van der Waals surface area contributed by atoms with Crippen LogP contribution in [0.4, 0.5) is 0 Å². The number of ether oxygens (including phenoxy) is 2. The van der Waals surface area contributed by atoms with E-state index < -0.39 is 58.4 Å². The number of carbonyl (C=O) groups is 2. The number of hydrogen-bond acceptors (Lipinski definition) is 9. The number of allylic oxidation sites excluding steroid dienone is 4. The molecule has 0 aliphatic rings. The van der Waals surface area contributed by atoms with Crippen molar-refractivity contribution in [1.29, 1.82) is 0 Å². The fourth-order valence-corrected chi connectivity index (χ4v) is 7.83. The summed E-state index contributed by atoms with van der Waals surface area (Å²) in [5, 5.41) is 19.2. The maximum Gasteiger partial charge on any atom is 0.472 e. The molecule has 0 aromatic rings. The Hall–Kier alpha value is -1.55. The predicted molar refractivity (Wildman–Crippen MR) is 247 cm³/mol. The average molecular weight is 873 g/mol. The molecule has 11 heteroatoms. The molecular formula is C49H93O10P. The minimum Gasteiger partial charge on any atom is -0.457 e. The largest absolute Gasteiger partial charge is 0.472 e. The zero-order valence-electron chi connectivity index (χ0n) is 38.7. The summed E-state index contributed by atoms with van der Waals surface area (Å²) in [6.07, 6.45) is 47.3. The van der Waals surface area contributed by atoms with Crippen LogP contribution in [0.2, 0.25) is 0 Å². The Bertz CT molecular complexity index is 1050. The van der Waals surface area contributed by atoms with E-state index in [2.05, 4.69) is 38.2 Å². The number of carbonyl (C=O) groups excluding carboxylic acids is 2. The fraction of sp³-hybridized carbons (Fsp3) is 0.878. The average Bonchev–Trinajstić information content (AvgIpc) is 3.24. The Morgan fingerprint density at radius 3 is 0.950 bits per heavy atom. The molecule has 3 atom stereocenters. The van der Waals surface area contributed by atoms with Gasteiger partial charge in [0.15, 0.2) is 0 Å². The molecule has 0 aliphatic carbocycles. The van der Waals surface area contributed by atoms with Gasteiger partial charge in [-0.25, -0.2) is 4.57 Å². The number of esters is 2. The van der Waals surface area contributed by atoms with Gasteiger partial charge in [-0.1, -0.05) is 186 Å². The zero-order valence-corrected chi connectivity index (χ0v) is 39.6. The molecule has 0 spiro atoms. The third-order valence-corrected chi connectivity index (χ3v) is 11.8. The standard InChI is InChI=1S/C49H93O10P/c1-3-5-7-9-11-13-15-17-19-20-21-22-23-24-25-26-27-29-31-33-35-37-39-41-49(53)59-47(43-51)45-57-60(54,55)56-44-46(42-50)58-48(52)40-38-36-34-32-30-28-18-16-14-12-10-8-6-4-2/h16,18,20-21,46-47,50-51H,3-15,17,19,22-45H2,1-2H3,(H,54,55)/b18-16-,21-20-. The monoisotopic (exact) mass is 873 g/mol. The number of aliphatic hydroxyl groups is 2. The molecule has 0 rings (SSSR count). The third kappa shape index (κ3) is 43.1. The second-order valence-corrected chi connectivity index (χ2v) is 18.2. The van der Waals surface area contributed by atoms with E-state index in [4.69, 9.17) is 18.5 Å². The maximum absolute atomic E-state index is 12.4. The van der Waals surface area contributed by atoms with Gasteiger partial charge in [-0.05, 0) is 64.2 Å². The summed E-state index contributed by atoms with van der Waals surface area (Å²) < 4.78 is 32.7. The van der Waals surface area contributed by atoms with Crippen LogP contribution in [0.25, 0.3) is 0 Å². The van der Waals surface area contributed by atoms with Crippen LogP contribution in [-0.4, -0.2) is 65.7 Å². The molecule has 0 aromatic carbocycles. The molecule has 10 nitrogen and oxygen atoms in total. The summed E-state index contributed by atoms with van der Waals surface area (Å²) in [7, 11) is -4.64. The quantitative estimate of drug-likeness (QED) is 0.0233. The lowest BCUT2D eigenvalue weighted by Crippen LogP contribution is -2.28. The maximum atomic E-state index is 12.4. The van der Waals surface area contributed by atoms with E-state index in [-0.39, 0.29) is 12.8 Å². The molecule has 60 heavy (non-hydrogen) atoms. The second kappa shape index (κ2) is 45.5. The Balaban J connectivity index is 3.82. The number of phosphoric ester groups is 1. The lowest BCUT2D eigenvalue weighted by molar-refractivity contribution is -0.153. The van der Waals surface area contributed by atoms with Crippen molar-refractivity contribution in [1.82, 2.24) is 0 Å². The highest BCUT2D eigenvalue weighted by atomic mass is 31.2. The van der Waals surface area contributed by atoms with Crippen LogP contribution in [0, 0.1) is 0 Å². The Labute approximate surface area is 368 Å². The van der Waals surface area contributed by atoms with Crippen molar-refractivity contribution in [2.45, 2.75) is 251 Å². The van der Waals surface area contributed by atoms with Gasteiger partial charge in [-0.2, -0.15) is 0 Å². The molecule has 3 N–H and O–H groups in total. The Morgan fingerprint density at radius 1 is 0.433 bits per heavy atom. The fourth-order valence-electron chi connectivity index (χ4n) is 7.05. The second-order valence-electron chi connectivity index (χ2n) is 16.8. The van der Waals surface area contributed by atoms with Crippen molar-refractivity contribution < 1.29 is 47.8 Å². The van der Waals surface area contributed by atoms with E-state index in [0.717, 1.165) is 57.8 Å². The highest BCUT2D eigenvalue weighted by Crippen LogP contribution is 2.43. The SMILES string of the molecule is CCCCCCC/C=C\CCCCCCCC(=O)OC(CO)COP(=O)(O)OCC(CO)OC(=O)CCCCCCCCCCCCC/C=C\CCCCCCCCCC. The number of aliphatic hydroxyl groups excluding tert-OH is 2. The number of rotatable bonds is 47. The lowest BCUT2D eigenvalue weighted by Gasteiger charge is -2.20. The van der Waals surface area contributed by atoms with Gasteiger partial charge < -0.3 is 24.6 Å². The van der Waals surface area contributed by atoms with Crippen molar-refractivity contribution in [2.24, 2.45) is 0 Å². The lowest BCUT2D eigenvalue weighted by atomic mass is 10.0.